The first-order valence-electron chi connectivity index (χ1n) is 7.81. The average molecular weight is 313 g/mol. The van der Waals surface area contributed by atoms with E-state index in [4.69, 9.17) is 11.6 Å². The van der Waals surface area contributed by atoms with Crippen molar-refractivity contribution < 1.29 is 17.9 Å². The summed E-state index contributed by atoms with van der Waals surface area (Å²) in [5.41, 5.74) is -2.76. The fraction of sp³-hybridized carbons (Fsp3) is 1.00. The number of ether oxygens (including phenoxy) is 1. The van der Waals surface area contributed by atoms with Crippen molar-refractivity contribution in [2.24, 2.45) is 11.8 Å². The predicted molar refractivity (Wildman–Crippen MR) is 73.7 cm³/mol. The summed E-state index contributed by atoms with van der Waals surface area (Å²) in [5, 5.41) is 0. The minimum absolute atomic E-state index is 0.443. The van der Waals surface area contributed by atoms with E-state index in [9.17, 15) is 13.2 Å². The van der Waals surface area contributed by atoms with Gasteiger partial charge in [-0.1, -0.05) is 63.0 Å². The monoisotopic (exact) mass is 312 g/mol. The second-order valence-corrected chi connectivity index (χ2v) is 6.75. The highest BCUT2D eigenvalue weighted by Gasteiger charge is 2.43. The fourth-order valence-corrected chi connectivity index (χ4v) is 3.71. The molecule has 0 bridgehead atoms. The van der Waals surface area contributed by atoms with Gasteiger partial charge in [0.05, 0.1) is 6.10 Å². The normalized spacial score (nSPS) is 30.6. The Morgan fingerprint density at radius 1 is 1.00 bits per heavy atom. The first-order valence-corrected chi connectivity index (χ1v) is 8.25. The third-order valence-electron chi connectivity index (χ3n) is 4.77. The molecule has 0 aromatic carbocycles. The largest absolute Gasteiger partial charge is 0.401 e. The van der Waals surface area contributed by atoms with Gasteiger partial charge in [-0.15, -0.1) is 0 Å². The second kappa shape index (κ2) is 7.35. The van der Waals surface area contributed by atoms with E-state index >= 15 is 0 Å². The topological polar surface area (TPSA) is 9.23 Å². The second-order valence-electron chi connectivity index (χ2n) is 6.36. The number of hydrogen-bond donors (Lipinski definition) is 0. The molecule has 0 spiro atoms. The highest BCUT2D eigenvalue weighted by atomic mass is 35.5. The molecule has 20 heavy (non-hydrogen) atoms. The van der Waals surface area contributed by atoms with E-state index in [0.717, 1.165) is 25.2 Å². The van der Waals surface area contributed by atoms with E-state index in [2.05, 4.69) is 4.74 Å². The Labute approximate surface area is 124 Å². The number of rotatable bonds is 6. The molecule has 0 aromatic heterocycles. The van der Waals surface area contributed by atoms with E-state index in [-0.39, 0.29) is 0 Å². The van der Waals surface area contributed by atoms with Crippen LogP contribution in [0, 0.1) is 11.8 Å². The van der Waals surface area contributed by atoms with Crippen LogP contribution in [0.4, 0.5) is 13.2 Å². The molecule has 0 saturated heterocycles. The Hall–Kier alpha value is 0.0400. The summed E-state index contributed by atoms with van der Waals surface area (Å²) in [6.45, 7) is 0. The maximum absolute atomic E-state index is 13.2. The van der Waals surface area contributed by atoms with Crippen molar-refractivity contribution in [3.63, 3.8) is 0 Å². The summed E-state index contributed by atoms with van der Waals surface area (Å²) in [6.07, 6.45) is 6.36. The van der Waals surface area contributed by atoms with Gasteiger partial charge in [-0.2, -0.15) is 8.78 Å². The third-order valence-corrected chi connectivity index (χ3v) is 5.02. The Morgan fingerprint density at radius 2 is 1.60 bits per heavy atom. The number of hydrogen-bond acceptors (Lipinski definition) is 1. The van der Waals surface area contributed by atoms with Crippen LogP contribution in [0.5, 0.6) is 0 Å². The van der Waals surface area contributed by atoms with Crippen molar-refractivity contribution in [1.29, 1.82) is 0 Å². The zero-order valence-corrected chi connectivity index (χ0v) is 12.6. The standard InChI is InChI=1S/C15H24ClF3O/c16-14(17)15(18,19)20-13-7-3-6-12(10-13)9-8-11-4-1-2-5-11/h11-14H,1-10H2. The van der Waals surface area contributed by atoms with Crippen LogP contribution in [-0.2, 0) is 4.74 Å². The van der Waals surface area contributed by atoms with Gasteiger partial charge in [0.1, 0.15) is 0 Å². The molecule has 0 heterocycles. The molecule has 0 aromatic rings. The van der Waals surface area contributed by atoms with E-state index in [1.807, 2.05) is 0 Å². The van der Waals surface area contributed by atoms with Gasteiger partial charge in [0.15, 0.2) is 0 Å². The molecular formula is C15H24ClF3O. The number of halogens is 4. The Morgan fingerprint density at radius 3 is 2.25 bits per heavy atom. The van der Waals surface area contributed by atoms with Gasteiger partial charge in [-0.3, -0.25) is 0 Å². The van der Waals surface area contributed by atoms with Gasteiger partial charge in [-0.25, -0.2) is 4.39 Å². The van der Waals surface area contributed by atoms with Crippen LogP contribution >= 0.6 is 11.6 Å². The summed E-state index contributed by atoms with van der Waals surface area (Å²) in [4.78, 5) is 0. The van der Waals surface area contributed by atoms with E-state index in [1.54, 1.807) is 0 Å². The van der Waals surface area contributed by atoms with Gasteiger partial charge in [0.25, 0.3) is 5.63 Å². The smallest absolute Gasteiger partial charge is 0.314 e. The summed E-state index contributed by atoms with van der Waals surface area (Å²) in [5.74, 6) is 1.27. The molecule has 5 heteroatoms. The molecule has 3 unspecified atom stereocenters. The van der Waals surface area contributed by atoms with Gasteiger partial charge in [0.2, 0.25) is 0 Å². The van der Waals surface area contributed by atoms with Crippen LogP contribution in [0.2, 0.25) is 0 Å². The molecule has 2 aliphatic carbocycles. The summed E-state index contributed by atoms with van der Waals surface area (Å²) in [6, 6.07) is 0. The maximum atomic E-state index is 13.2. The van der Waals surface area contributed by atoms with Gasteiger partial charge >= 0.3 is 6.11 Å². The molecule has 2 aliphatic rings. The quantitative estimate of drug-likeness (QED) is 0.575. The first-order chi connectivity index (χ1) is 9.47. The number of alkyl halides is 4. The molecule has 0 aliphatic heterocycles. The molecule has 1 nitrogen and oxygen atoms in total. The highest BCUT2D eigenvalue weighted by molar-refractivity contribution is 6.20. The van der Waals surface area contributed by atoms with Crippen molar-refractivity contribution in [3.8, 4) is 0 Å². The third kappa shape index (κ3) is 4.80. The highest BCUT2D eigenvalue weighted by Crippen LogP contribution is 2.37. The molecule has 3 atom stereocenters. The lowest BCUT2D eigenvalue weighted by molar-refractivity contribution is -0.284. The molecule has 0 radical (unpaired) electrons. The fourth-order valence-electron chi connectivity index (χ4n) is 3.66. The van der Waals surface area contributed by atoms with Gasteiger partial charge in [-0.05, 0) is 24.7 Å². The van der Waals surface area contributed by atoms with E-state index in [0.29, 0.717) is 18.8 Å². The van der Waals surface area contributed by atoms with Crippen molar-refractivity contribution in [3.05, 3.63) is 0 Å². The van der Waals surface area contributed by atoms with Crippen LogP contribution < -0.4 is 0 Å². The Kier molecular flexibility index (Phi) is 6.03. The molecule has 2 saturated carbocycles. The van der Waals surface area contributed by atoms with E-state index < -0.39 is 17.8 Å². The lowest BCUT2D eigenvalue weighted by atomic mass is 9.82. The lowest BCUT2D eigenvalue weighted by Crippen LogP contribution is -2.36. The molecule has 0 N–H and O–H groups in total. The summed E-state index contributed by atoms with van der Waals surface area (Å²) < 4.78 is 43.5. The minimum atomic E-state index is -3.86. The summed E-state index contributed by atoms with van der Waals surface area (Å²) in [7, 11) is 0. The van der Waals surface area contributed by atoms with Gasteiger partial charge in [0, 0.05) is 0 Å². The van der Waals surface area contributed by atoms with Crippen molar-refractivity contribution in [2.45, 2.75) is 82.1 Å². The molecule has 2 fully saturated rings. The van der Waals surface area contributed by atoms with E-state index in [1.165, 1.54) is 32.1 Å². The molecule has 2 rings (SSSR count). The molecule has 0 amide bonds. The zero-order valence-electron chi connectivity index (χ0n) is 11.8. The van der Waals surface area contributed by atoms with Crippen LogP contribution in [-0.4, -0.2) is 17.8 Å². The average Bonchev–Trinajstić information content (AvgIpc) is 2.89. The van der Waals surface area contributed by atoms with Crippen LogP contribution in [0.3, 0.4) is 0 Å². The molecular weight excluding hydrogens is 289 g/mol. The first kappa shape index (κ1) is 16.4. The summed E-state index contributed by atoms with van der Waals surface area (Å²) >= 11 is 4.83. The lowest BCUT2D eigenvalue weighted by Gasteiger charge is -2.32. The van der Waals surface area contributed by atoms with Gasteiger partial charge < -0.3 is 4.74 Å². The Bertz CT molecular complexity index is 293. The minimum Gasteiger partial charge on any atom is -0.314 e. The van der Waals surface area contributed by atoms with Crippen molar-refractivity contribution in [1.82, 2.24) is 0 Å². The molecule has 118 valence electrons. The van der Waals surface area contributed by atoms with Crippen molar-refractivity contribution >= 4 is 11.6 Å². The maximum Gasteiger partial charge on any atom is 0.401 e. The Balaban J connectivity index is 1.73. The van der Waals surface area contributed by atoms with Crippen LogP contribution in [0.1, 0.15) is 64.2 Å². The zero-order chi connectivity index (χ0) is 14.6. The predicted octanol–water partition coefficient (Wildman–Crippen LogP) is 5.66. The SMILES string of the molecule is FC(Cl)C(F)(F)OC1CCCC(CCC2CCCC2)C1. The van der Waals surface area contributed by atoms with Crippen molar-refractivity contribution in [2.75, 3.05) is 0 Å². The van der Waals surface area contributed by atoms with Crippen LogP contribution in [0.25, 0.3) is 0 Å². The van der Waals surface area contributed by atoms with Crippen LogP contribution in [0.15, 0.2) is 0 Å².